The number of carbonyl (C=O) groups is 1. The Labute approximate surface area is 228 Å². The largest absolute Gasteiger partial charge is 0.496 e. The SMILES string of the molecule is COc1c(-c2nc3ncn(C4CCN(C(=O)OCc5ccccc5)CC4)c(=O)c3s2)cc2cn(C)nc2c1C. The van der Waals surface area contributed by atoms with Crippen LogP contribution in [0.15, 0.2) is 53.7 Å². The number of rotatable bonds is 5. The Morgan fingerprint density at radius 2 is 1.95 bits per heavy atom. The lowest BCUT2D eigenvalue weighted by atomic mass is 10.1. The van der Waals surface area contributed by atoms with Gasteiger partial charge in [0.1, 0.15) is 28.4 Å². The molecular weight excluding hydrogens is 516 g/mol. The molecule has 1 fully saturated rings. The van der Waals surface area contributed by atoms with Crippen molar-refractivity contribution < 1.29 is 14.3 Å². The van der Waals surface area contributed by atoms with Crippen LogP contribution in [0, 0.1) is 6.92 Å². The van der Waals surface area contributed by atoms with Crippen molar-refractivity contribution in [3.8, 4) is 16.3 Å². The number of thiazole rings is 1. The Hall–Kier alpha value is -4.25. The van der Waals surface area contributed by atoms with Crippen LogP contribution in [0.4, 0.5) is 4.79 Å². The number of benzene rings is 2. The number of piperidine rings is 1. The van der Waals surface area contributed by atoms with E-state index in [9.17, 15) is 9.59 Å². The molecule has 0 spiro atoms. The molecule has 10 nitrogen and oxygen atoms in total. The third kappa shape index (κ3) is 4.63. The number of amides is 1. The Balaban J connectivity index is 1.22. The smallest absolute Gasteiger partial charge is 0.410 e. The number of hydrogen-bond donors (Lipinski definition) is 0. The molecule has 200 valence electrons. The van der Waals surface area contributed by atoms with Crippen LogP contribution >= 0.6 is 11.3 Å². The highest BCUT2D eigenvalue weighted by atomic mass is 32.1. The van der Waals surface area contributed by atoms with Gasteiger partial charge in [-0.3, -0.25) is 14.0 Å². The molecule has 0 aliphatic carbocycles. The van der Waals surface area contributed by atoms with Crippen LogP contribution in [0.5, 0.6) is 5.75 Å². The van der Waals surface area contributed by atoms with E-state index in [1.54, 1.807) is 27.6 Å². The minimum absolute atomic E-state index is 0.0540. The van der Waals surface area contributed by atoms with Crippen LogP contribution < -0.4 is 10.3 Å². The van der Waals surface area contributed by atoms with Gasteiger partial charge in [-0.2, -0.15) is 5.10 Å². The molecule has 0 atom stereocenters. The summed E-state index contributed by atoms with van der Waals surface area (Å²) in [6.45, 7) is 3.24. The van der Waals surface area contributed by atoms with Crippen LogP contribution in [-0.4, -0.2) is 55.5 Å². The van der Waals surface area contributed by atoms with Crippen LogP contribution in [0.1, 0.15) is 30.0 Å². The summed E-state index contributed by atoms with van der Waals surface area (Å²) in [4.78, 5) is 37.0. The first-order valence-corrected chi connectivity index (χ1v) is 13.6. The lowest BCUT2D eigenvalue weighted by molar-refractivity contribution is 0.0828. The van der Waals surface area contributed by atoms with E-state index in [-0.39, 0.29) is 24.3 Å². The van der Waals surface area contributed by atoms with Gasteiger partial charge in [0.15, 0.2) is 5.65 Å². The summed E-state index contributed by atoms with van der Waals surface area (Å²) in [5, 5.41) is 6.19. The summed E-state index contributed by atoms with van der Waals surface area (Å²) in [5.74, 6) is 0.687. The molecule has 2 aromatic carbocycles. The van der Waals surface area contributed by atoms with Crippen molar-refractivity contribution in [3.05, 3.63) is 70.4 Å². The number of likely N-dealkylation sites (tertiary alicyclic amines) is 1. The van der Waals surface area contributed by atoms with Crippen molar-refractivity contribution in [2.45, 2.75) is 32.4 Å². The number of nitrogens with zero attached hydrogens (tertiary/aromatic N) is 6. The number of carbonyl (C=O) groups excluding carboxylic acids is 1. The molecular formula is C28H28N6O4S. The molecule has 11 heteroatoms. The Bertz CT molecular complexity index is 1730. The number of ether oxygens (including phenoxy) is 2. The Morgan fingerprint density at radius 1 is 1.18 bits per heavy atom. The standard InChI is InChI=1S/C28H28N6O4S/c1-17-22-19(14-32(2)31-22)13-21(23(17)37-3)26-30-25-24(39-26)27(35)34(16-29-25)20-9-11-33(12-10-20)28(36)38-15-18-7-5-4-6-8-18/h4-8,13-14,16,20H,9-12,15H2,1-3H3. The third-order valence-electron chi connectivity index (χ3n) is 7.20. The number of hydrogen-bond acceptors (Lipinski definition) is 8. The van der Waals surface area contributed by atoms with Crippen LogP contribution in [0.3, 0.4) is 0 Å². The van der Waals surface area contributed by atoms with Gasteiger partial charge in [-0.25, -0.2) is 14.8 Å². The monoisotopic (exact) mass is 544 g/mol. The van der Waals surface area contributed by atoms with E-state index in [1.165, 1.54) is 11.3 Å². The molecule has 0 bridgehead atoms. The molecule has 1 aliphatic heterocycles. The zero-order chi connectivity index (χ0) is 27.1. The van der Waals surface area contributed by atoms with Crippen LogP contribution in [-0.2, 0) is 18.4 Å². The molecule has 0 unspecified atom stereocenters. The topological polar surface area (TPSA) is 104 Å². The minimum Gasteiger partial charge on any atom is -0.496 e. The first-order chi connectivity index (χ1) is 18.9. The van der Waals surface area contributed by atoms with Crippen molar-refractivity contribution in [2.75, 3.05) is 20.2 Å². The predicted molar refractivity (Wildman–Crippen MR) is 149 cm³/mol. The van der Waals surface area contributed by atoms with Gasteiger partial charge in [0.2, 0.25) is 0 Å². The van der Waals surface area contributed by atoms with E-state index in [2.05, 4.69) is 10.1 Å². The van der Waals surface area contributed by atoms with E-state index in [0.29, 0.717) is 47.0 Å². The quantitative estimate of drug-likeness (QED) is 0.316. The molecule has 39 heavy (non-hydrogen) atoms. The number of aromatic nitrogens is 5. The van der Waals surface area contributed by atoms with Gasteiger partial charge in [0.05, 0.1) is 18.2 Å². The molecule has 1 amide bonds. The van der Waals surface area contributed by atoms with Gasteiger partial charge in [-0.1, -0.05) is 30.3 Å². The molecule has 4 heterocycles. The Morgan fingerprint density at radius 3 is 2.69 bits per heavy atom. The fourth-order valence-electron chi connectivity index (χ4n) is 5.19. The average Bonchev–Trinajstić information content (AvgIpc) is 3.56. The Kier molecular flexibility index (Phi) is 6.51. The lowest BCUT2D eigenvalue weighted by Crippen LogP contribution is -2.41. The zero-order valence-corrected chi connectivity index (χ0v) is 22.8. The summed E-state index contributed by atoms with van der Waals surface area (Å²) in [5.41, 5.74) is 3.85. The maximum Gasteiger partial charge on any atom is 0.410 e. The summed E-state index contributed by atoms with van der Waals surface area (Å²) in [7, 11) is 3.51. The second-order valence-electron chi connectivity index (χ2n) is 9.71. The predicted octanol–water partition coefficient (Wildman–Crippen LogP) is 4.70. The summed E-state index contributed by atoms with van der Waals surface area (Å²) in [6, 6.07) is 11.6. The van der Waals surface area contributed by atoms with Gasteiger partial charge in [0.25, 0.3) is 5.56 Å². The molecule has 0 saturated carbocycles. The van der Waals surface area contributed by atoms with Gasteiger partial charge >= 0.3 is 6.09 Å². The molecule has 0 radical (unpaired) electrons. The van der Waals surface area contributed by atoms with Crippen molar-refractivity contribution in [2.24, 2.45) is 7.05 Å². The van der Waals surface area contributed by atoms with E-state index < -0.39 is 0 Å². The maximum absolute atomic E-state index is 13.5. The first kappa shape index (κ1) is 25.1. The van der Waals surface area contributed by atoms with Gasteiger partial charge in [-0.15, -0.1) is 11.3 Å². The van der Waals surface area contributed by atoms with Gasteiger partial charge in [0, 0.05) is 43.3 Å². The second-order valence-corrected chi connectivity index (χ2v) is 10.7. The molecule has 1 aliphatic rings. The van der Waals surface area contributed by atoms with Gasteiger partial charge < -0.3 is 14.4 Å². The van der Waals surface area contributed by atoms with Crippen molar-refractivity contribution in [3.63, 3.8) is 0 Å². The number of fused-ring (bicyclic) bond motifs is 2. The highest BCUT2D eigenvalue weighted by Gasteiger charge is 2.27. The van der Waals surface area contributed by atoms with Crippen molar-refractivity contribution in [1.82, 2.24) is 29.2 Å². The van der Waals surface area contributed by atoms with E-state index in [1.807, 2.05) is 56.6 Å². The summed E-state index contributed by atoms with van der Waals surface area (Å²) >= 11 is 1.32. The maximum atomic E-state index is 13.5. The molecule has 3 aromatic heterocycles. The molecule has 5 aromatic rings. The second kappa shape index (κ2) is 10.1. The van der Waals surface area contributed by atoms with E-state index >= 15 is 0 Å². The highest BCUT2D eigenvalue weighted by Crippen LogP contribution is 2.40. The molecule has 0 N–H and O–H groups in total. The molecule has 6 rings (SSSR count). The van der Waals surface area contributed by atoms with Crippen LogP contribution in [0.2, 0.25) is 0 Å². The van der Waals surface area contributed by atoms with E-state index in [4.69, 9.17) is 14.5 Å². The third-order valence-corrected chi connectivity index (χ3v) is 8.26. The summed E-state index contributed by atoms with van der Waals surface area (Å²) in [6.07, 6.45) is 4.48. The highest BCUT2D eigenvalue weighted by molar-refractivity contribution is 7.21. The summed E-state index contributed by atoms with van der Waals surface area (Å²) < 4.78 is 15.2. The normalized spacial score (nSPS) is 14.3. The van der Waals surface area contributed by atoms with Gasteiger partial charge in [-0.05, 0) is 31.4 Å². The zero-order valence-electron chi connectivity index (χ0n) is 22.0. The van der Waals surface area contributed by atoms with Crippen molar-refractivity contribution >= 4 is 38.7 Å². The molecule has 1 saturated heterocycles. The minimum atomic E-state index is -0.333. The fourth-order valence-corrected chi connectivity index (χ4v) is 6.16. The first-order valence-electron chi connectivity index (χ1n) is 12.8. The van der Waals surface area contributed by atoms with Crippen molar-refractivity contribution in [1.29, 1.82) is 0 Å². The number of aryl methyl sites for hydroxylation is 2. The number of methoxy groups -OCH3 is 1. The fraction of sp³-hybridized carbons (Fsp3) is 0.321. The lowest BCUT2D eigenvalue weighted by Gasteiger charge is -2.32. The average molecular weight is 545 g/mol. The van der Waals surface area contributed by atoms with E-state index in [0.717, 1.165) is 27.6 Å². The van der Waals surface area contributed by atoms with Crippen LogP contribution in [0.25, 0.3) is 31.8 Å².